The number of hydrogen-bond donors (Lipinski definition) is 1. The molecule has 2 aromatic rings. The molecular weight excluding hydrogens is 298 g/mol. The van der Waals surface area contributed by atoms with Crippen molar-refractivity contribution in [2.75, 3.05) is 25.0 Å². The van der Waals surface area contributed by atoms with Gasteiger partial charge in [-0.2, -0.15) is 0 Å². The molecule has 0 aliphatic heterocycles. The van der Waals surface area contributed by atoms with Gasteiger partial charge in [0.2, 0.25) is 5.91 Å². The molecule has 0 unspecified atom stereocenters. The quantitative estimate of drug-likeness (QED) is 0.917. The number of nitrogens with one attached hydrogen (secondary N) is 1. The van der Waals surface area contributed by atoms with E-state index in [1.54, 1.807) is 11.1 Å². The summed E-state index contributed by atoms with van der Waals surface area (Å²) >= 11 is 3.35. The Morgan fingerprint density at radius 1 is 1.61 bits per heavy atom. The zero-order valence-corrected chi connectivity index (χ0v) is 11.8. The summed E-state index contributed by atoms with van der Waals surface area (Å²) in [7, 11) is 1.82. The number of hydrogen-bond acceptors (Lipinski definition) is 4. The van der Waals surface area contributed by atoms with E-state index in [1.165, 1.54) is 0 Å². The molecule has 18 heavy (non-hydrogen) atoms. The zero-order valence-electron chi connectivity index (χ0n) is 10.2. The predicted octanol–water partition coefficient (Wildman–Crippen LogP) is 1.06. The molecule has 0 aliphatic rings. The molecule has 2 heterocycles. The molecule has 0 atom stereocenters. The van der Waals surface area contributed by atoms with Crippen molar-refractivity contribution in [3.05, 3.63) is 23.2 Å². The van der Waals surface area contributed by atoms with Gasteiger partial charge in [0.1, 0.15) is 4.60 Å². The molecule has 0 saturated carbocycles. The summed E-state index contributed by atoms with van der Waals surface area (Å²) < 4.78 is 2.56. The second-order valence-electron chi connectivity index (χ2n) is 3.85. The number of carbonyl (C=O) groups is 1. The highest BCUT2D eigenvalue weighted by molar-refractivity contribution is 9.10. The number of fused-ring (bicyclic) bond motifs is 1. The normalized spacial score (nSPS) is 10.6. The maximum atomic E-state index is 11.6. The molecule has 0 saturated heterocycles. The Kier molecular flexibility index (Phi) is 3.81. The molecule has 0 aromatic carbocycles. The molecule has 96 valence electrons. The summed E-state index contributed by atoms with van der Waals surface area (Å²) in [4.78, 5) is 21.9. The SMILES string of the molecule is CCNC(=O)CN(C)c1nc(Br)cn2ccnc12. The summed E-state index contributed by atoms with van der Waals surface area (Å²) in [5.74, 6) is 0.632. The average molecular weight is 312 g/mol. The van der Waals surface area contributed by atoms with Crippen LogP contribution in [0.5, 0.6) is 0 Å². The zero-order chi connectivity index (χ0) is 13.1. The number of carbonyl (C=O) groups excluding carboxylic acids is 1. The number of likely N-dealkylation sites (N-methyl/N-ethyl adjacent to an activating group) is 2. The molecule has 0 radical (unpaired) electrons. The fourth-order valence-corrected chi connectivity index (χ4v) is 2.07. The van der Waals surface area contributed by atoms with E-state index in [9.17, 15) is 4.79 Å². The Balaban J connectivity index is 2.29. The van der Waals surface area contributed by atoms with E-state index in [0.717, 1.165) is 5.65 Å². The third kappa shape index (κ3) is 2.61. The molecule has 1 amide bonds. The van der Waals surface area contributed by atoms with Gasteiger partial charge in [-0.25, -0.2) is 9.97 Å². The first-order chi connectivity index (χ1) is 8.61. The second-order valence-corrected chi connectivity index (χ2v) is 4.67. The Bertz CT molecular complexity index is 568. The maximum absolute atomic E-state index is 11.6. The van der Waals surface area contributed by atoms with Crippen molar-refractivity contribution in [1.82, 2.24) is 19.7 Å². The molecule has 0 spiro atoms. The van der Waals surface area contributed by atoms with Crippen LogP contribution < -0.4 is 10.2 Å². The minimum Gasteiger partial charge on any atom is -0.355 e. The van der Waals surface area contributed by atoms with E-state index in [-0.39, 0.29) is 12.5 Å². The van der Waals surface area contributed by atoms with Crippen LogP contribution in [0.25, 0.3) is 5.65 Å². The van der Waals surface area contributed by atoms with Crippen LogP contribution in [0.2, 0.25) is 0 Å². The van der Waals surface area contributed by atoms with Crippen molar-refractivity contribution in [3.8, 4) is 0 Å². The lowest BCUT2D eigenvalue weighted by molar-refractivity contribution is -0.119. The number of halogens is 1. The summed E-state index contributed by atoms with van der Waals surface area (Å²) in [6.07, 6.45) is 5.37. The molecule has 2 rings (SSSR count). The van der Waals surface area contributed by atoms with E-state index in [2.05, 4.69) is 31.2 Å². The molecular formula is C11H14BrN5O. The number of aromatic nitrogens is 3. The summed E-state index contributed by atoms with van der Waals surface area (Å²) in [6.45, 7) is 2.76. The summed E-state index contributed by atoms with van der Waals surface area (Å²) in [5, 5.41) is 2.76. The molecule has 7 heteroatoms. The van der Waals surface area contributed by atoms with E-state index in [0.29, 0.717) is 17.0 Å². The van der Waals surface area contributed by atoms with Gasteiger partial charge in [-0.05, 0) is 22.9 Å². The fourth-order valence-electron chi connectivity index (χ4n) is 1.68. The average Bonchev–Trinajstić information content (AvgIpc) is 2.75. The largest absolute Gasteiger partial charge is 0.355 e. The van der Waals surface area contributed by atoms with Crippen LogP contribution in [-0.2, 0) is 4.79 Å². The minimum atomic E-state index is -0.0357. The highest BCUT2D eigenvalue weighted by Gasteiger charge is 2.13. The smallest absolute Gasteiger partial charge is 0.239 e. The van der Waals surface area contributed by atoms with E-state index in [1.807, 2.05) is 30.8 Å². The van der Waals surface area contributed by atoms with Crippen molar-refractivity contribution >= 4 is 33.3 Å². The van der Waals surface area contributed by atoms with Gasteiger partial charge in [0.15, 0.2) is 11.5 Å². The first-order valence-electron chi connectivity index (χ1n) is 5.59. The van der Waals surface area contributed by atoms with Crippen molar-refractivity contribution < 1.29 is 4.79 Å². The molecule has 0 bridgehead atoms. The van der Waals surface area contributed by atoms with Gasteiger partial charge >= 0.3 is 0 Å². The third-order valence-electron chi connectivity index (χ3n) is 2.44. The summed E-state index contributed by atoms with van der Waals surface area (Å²) in [6, 6.07) is 0. The van der Waals surface area contributed by atoms with Gasteiger partial charge in [-0.3, -0.25) is 4.79 Å². The Morgan fingerprint density at radius 2 is 2.39 bits per heavy atom. The van der Waals surface area contributed by atoms with Crippen LogP contribution >= 0.6 is 15.9 Å². The number of imidazole rings is 1. The van der Waals surface area contributed by atoms with Crippen molar-refractivity contribution in [3.63, 3.8) is 0 Å². The topological polar surface area (TPSA) is 62.5 Å². The van der Waals surface area contributed by atoms with Gasteiger partial charge in [-0.1, -0.05) is 0 Å². The molecule has 1 N–H and O–H groups in total. The number of amides is 1. The van der Waals surface area contributed by atoms with E-state index >= 15 is 0 Å². The number of nitrogens with zero attached hydrogens (tertiary/aromatic N) is 4. The standard InChI is InChI=1S/C11H14BrN5O/c1-3-13-9(18)7-16(2)11-10-14-4-5-17(10)6-8(12)15-11/h4-6H,3,7H2,1-2H3,(H,13,18). The van der Waals surface area contributed by atoms with Gasteiger partial charge in [-0.15, -0.1) is 0 Å². The van der Waals surface area contributed by atoms with Crippen LogP contribution in [0.1, 0.15) is 6.92 Å². The monoisotopic (exact) mass is 311 g/mol. The first-order valence-corrected chi connectivity index (χ1v) is 6.38. The maximum Gasteiger partial charge on any atom is 0.239 e. The molecule has 0 fully saturated rings. The Labute approximate surface area is 113 Å². The van der Waals surface area contributed by atoms with E-state index in [4.69, 9.17) is 0 Å². The Morgan fingerprint density at radius 3 is 3.11 bits per heavy atom. The van der Waals surface area contributed by atoms with Crippen LogP contribution in [0.15, 0.2) is 23.2 Å². The fraction of sp³-hybridized carbons (Fsp3) is 0.364. The van der Waals surface area contributed by atoms with Crippen LogP contribution in [-0.4, -0.2) is 40.4 Å². The van der Waals surface area contributed by atoms with Crippen LogP contribution in [0.3, 0.4) is 0 Å². The van der Waals surface area contributed by atoms with Crippen LogP contribution in [0, 0.1) is 0 Å². The van der Waals surface area contributed by atoms with Gasteiger partial charge in [0.05, 0.1) is 6.54 Å². The minimum absolute atomic E-state index is 0.0357. The van der Waals surface area contributed by atoms with Crippen molar-refractivity contribution in [1.29, 1.82) is 0 Å². The Hall–Kier alpha value is -1.63. The predicted molar refractivity (Wildman–Crippen MR) is 72.6 cm³/mol. The molecule has 6 nitrogen and oxygen atoms in total. The van der Waals surface area contributed by atoms with Gasteiger partial charge in [0.25, 0.3) is 0 Å². The lowest BCUT2D eigenvalue weighted by Gasteiger charge is -2.18. The highest BCUT2D eigenvalue weighted by Crippen LogP contribution is 2.19. The molecule has 2 aromatic heterocycles. The number of rotatable bonds is 4. The first kappa shape index (κ1) is 12.8. The summed E-state index contributed by atoms with van der Waals surface area (Å²) in [5.41, 5.74) is 0.727. The van der Waals surface area contributed by atoms with Crippen LogP contribution in [0.4, 0.5) is 5.82 Å². The second kappa shape index (κ2) is 5.34. The van der Waals surface area contributed by atoms with Gasteiger partial charge in [0, 0.05) is 32.2 Å². The molecule has 0 aliphatic carbocycles. The lowest BCUT2D eigenvalue weighted by Crippen LogP contribution is -2.35. The third-order valence-corrected chi connectivity index (χ3v) is 2.83. The lowest BCUT2D eigenvalue weighted by atomic mass is 10.4. The van der Waals surface area contributed by atoms with Gasteiger partial charge < -0.3 is 14.6 Å². The van der Waals surface area contributed by atoms with E-state index < -0.39 is 0 Å². The number of anilines is 1. The van der Waals surface area contributed by atoms with Crippen molar-refractivity contribution in [2.24, 2.45) is 0 Å². The highest BCUT2D eigenvalue weighted by atomic mass is 79.9. The van der Waals surface area contributed by atoms with Crippen molar-refractivity contribution in [2.45, 2.75) is 6.92 Å².